The summed E-state index contributed by atoms with van der Waals surface area (Å²) in [4.78, 5) is 0. The van der Waals surface area contributed by atoms with Crippen molar-refractivity contribution < 1.29 is 0 Å². The van der Waals surface area contributed by atoms with Gasteiger partial charge in [-0.05, 0) is 31.2 Å². The van der Waals surface area contributed by atoms with E-state index < -0.39 is 0 Å². The molecule has 14 heavy (non-hydrogen) atoms. The number of hydrogen-bond acceptors (Lipinski definition) is 1. The van der Waals surface area contributed by atoms with Crippen molar-refractivity contribution in [3.05, 3.63) is 60.8 Å². The van der Waals surface area contributed by atoms with E-state index in [0.717, 1.165) is 5.70 Å². The van der Waals surface area contributed by atoms with Crippen molar-refractivity contribution in [2.75, 3.05) is 0 Å². The Hall–Kier alpha value is -1.83. The Morgan fingerprint density at radius 2 is 2.29 bits per heavy atom. The van der Waals surface area contributed by atoms with Crippen molar-refractivity contribution in [3.63, 3.8) is 0 Å². The molecule has 0 radical (unpaired) electrons. The van der Waals surface area contributed by atoms with Crippen LogP contribution >= 0.6 is 0 Å². The molecule has 1 aromatic heterocycles. The second-order valence-electron chi connectivity index (χ2n) is 2.78. The first-order chi connectivity index (χ1) is 6.79. The largest absolute Gasteiger partial charge is 0.302 e. The van der Waals surface area contributed by atoms with Crippen LogP contribution in [0.3, 0.4) is 0 Å². The Kier molecular flexibility index (Phi) is 3.68. The normalized spacial score (nSPS) is 11.9. The van der Waals surface area contributed by atoms with Crippen LogP contribution in [0.1, 0.15) is 6.92 Å². The lowest BCUT2D eigenvalue weighted by Gasteiger charge is -2.06. The average molecular weight is 186 g/mol. The molecule has 1 rings (SSSR count). The molecule has 1 aromatic rings. The van der Waals surface area contributed by atoms with Gasteiger partial charge in [-0.15, -0.1) is 0 Å². The number of hydrogen-bond donors (Lipinski definition) is 1. The van der Waals surface area contributed by atoms with E-state index in [9.17, 15) is 0 Å². The van der Waals surface area contributed by atoms with Crippen LogP contribution in [-0.4, -0.2) is 4.57 Å². The summed E-state index contributed by atoms with van der Waals surface area (Å²) < 4.78 is 1.79. The third-order valence-corrected chi connectivity index (χ3v) is 1.76. The molecular weight excluding hydrogens is 172 g/mol. The Bertz CT molecular complexity index is 422. The number of nitrogens with zero attached hydrogens (tertiary/aromatic N) is 1. The average Bonchev–Trinajstić information content (AvgIpc) is 2.18. The zero-order valence-corrected chi connectivity index (χ0v) is 8.27. The van der Waals surface area contributed by atoms with Gasteiger partial charge >= 0.3 is 0 Å². The summed E-state index contributed by atoms with van der Waals surface area (Å²) in [5, 5.41) is 7.71. The maximum atomic E-state index is 7.71. The molecule has 2 heteroatoms. The quantitative estimate of drug-likeness (QED) is 0.703. The minimum atomic E-state index is 0.457. The molecule has 0 aliphatic carbocycles. The van der Waals surface area contributed by atoms with Crippen molar-refractivity contribution in [1.82, 2.24) is 4.57 Å². The lowest BCUT2D eigenvalue weighted by atomic mass is 10.3. The van der Waals surface area contributed by atoms with E-state index in [-0.39, 0.29) is 0 Å². The topological polar surface area (TPSA) is 28.8 Å². The number of aromatic nitrogens is 1. The monoisotopic (exact) mass is 186 g/mol. The van der Waals surface area contributed by atoms with Crippen LogP contribution in [0, 0.1) is 5.41 Å². The van der Waals surface area contributed by atoms with Gasteiger partial charge in [0.05, 0.1) is 0 Å². The van der Waals surface area contributed by atoms with Crippen LogP contribution in [0.5, 0.6) is 0 Å². The second-order valence-corrected chi connectivity index (χ2v) is 2.78. The van der Waals surface area contributed by atoms with E-state index in [4.69, 9.17) is 5.41 Å². The van der Waals surface area contributed by atoms with Gasteiger partial charge in [0.15, 0.2) is 0 Å². The summed E-state index contributed by atoms with van der Waals surface area (Å²) in [6, 6.07) is 5.50. The van der Waals surface area contributed by atoms with Crippen LogP contribution in [-0.2, 0) is 0 Å². The fourth-order valence-electron chi connectivity index (χ4n) is 1.18. The van der Waals surface area contributed by atoms with Gasteiger partial charge in [0, 0.05) is 11.9 Å². The maximum absolute atomic E-state index is 7.71. The predicted molar refractivity (Wildman–Crippen MR) is 59.6 cm³/mol. The Morgan fingerprint density at radius 1 is 1.50 bits per heavy atom. The van der Waals surface area contributed by atoms with Crippen LogP contribution in [0.15, 0.2) is 55.3 Å². The summed E-state index contributed by atoms with van der Waals surface area (Å²) in [5.74, 6) is 0. The minimum absolute atomic E-state index is 0.457. The van der Waals surface area contributed by atoms with Crippen molar-refractivity contribution >= 4 is 5.70 Å². The van der Waals surface area contributed by atoms with E-state index >= 15 is 0 Å². The summed E-state index contributed by atoms with van der Waals surface area (Å²) in [6.07, 6.45) is 9.33. The molecule has 0 aliphatic heterocycles. The van der Waals surface area contributed by atoms with Gasteiger partial charge in [-0.25, -0.2) is 0 Å². The van der Waals surface area contributed by atoms with Crippen molar-refractivity contribution in [3.8, 4) is 0 Å². The highest BCUT2D eigenvalue weighted by atomic mass is 15.0. The van der Waals surface area contributed by atoms with E-state index in [1.165, 1.54) is 0 Å². The smallest absolute Gasteiger partial charge is 0.129 e. The number of pyridine rings is 1. The fraction of sp³-hybridized carbons (Fsp3) is 0.0833. The molecule has 0 unspecified atom stereocenters. The van der Waals surface area contributed by atoms with Crippen LogP contribution in [0.4, 0.5) is 0 Å². The summed E-state index contributed by atoms with van der Waals surface area (Å²) in [7, 11) is 0. The first-order valence-electron chi connectivity index (χ1n) is 4.47. The zero-order valence-electron chi connectivity index (χ0n) is 8.27. The molecule has 0 spiro atoms. The van der Waals surface area contributed by atoms with Gasteiger partial charge in [-0.1, -0.05) is 24.8 Å². The van der Waals surface area contributed by atoms with Crippen molar-refractivity contribution in [2.24, 2.45) is 0 Å². The second kappa shape index (κ2) is 5.02. The first kappa shape index (κ1) is 10.3. The zero-order chi connectivity index (χ0) is 10.4. The molecule has 0 saturated carbocycles. The molecular formula is C12H14N2. The van der Waals surface area contributed by atoms with Gasteiger partial charge in [0.1, 0.15) is 5.49 Å². The van der Waals surface area contributed by atoms with E-state index in [0.29, 0.717) is 5.49 Å². The lowest BCUT2D eigenvalue weighted by Crippen LogP contribution is -2.16. The standard InChI is InChI=1S/C12H14N2/c1-3-7-11(8-4-2)14-10-6-5-9-12(14)13/h3-10,13H,1H2,2H3/b8-4-,11-7+,13-12?. The minimum Gasteiger partial charge on any atom is -0.302 e. The molecule has 0 aromatic carbocycles. The Balaban J connectivity index is 3.25. The van der Waals surface area contributed by atoms with Gasteiger partial charge in [0.25, 0.3) is 0 Å². The van der Waals surface area contributed by atoms with Crippen LogP contribution in [0.2, 0.25) is 0 Å². The molecule has 0 aliphatic rings. The highest BCUT2D eigenvalue weighted by Gasteiger charge is 1.93. The molecule has 0 saturated heterocycles. The molecule has 1 heterocycles. The highest BCUT2D eigenvalue weighted by molar-refractivity contribution is 5.58. The third-order valence-electron chi connectivity index (χ3n) is 1.76. The molecule has 0 fully saturated rings. The predicted octanol–water partition coefficient (Wildman–Crippen LogP) is 2.57. The van der Waals surface area contributed by atoms with Gasteiger partial charge in [-0.2, -0.15) is 0 Å². The molecule has 72 valence electrons. The van der Waals surface area contributed by atoms with Crippen LogP contribution < -0.4 is 5.49 Å². The number of allylic oxidation sites excluding steroid dienone is 5. The van der Waals surface area contributed by atoms with Crippen LogP contribution in [0.25, 0.3) is 5.70 Å². The molecule has 2 nitrogen and oxygen atoms in total. The van der Waals surface area contributed by atoms with E-state index in [1.54, 1.807) is 16.7 Å². The fourth-order valence-corrected chi connectivity index (χ4v) is 1.18. The lowest BCUT2D eigenvalue weighted by molar-refractivity contribution is 0.952. The summed E-state index contributed by atoms with van der Waals surface area (Å²) in [5.41, 5.74) is 1.40. The Morgan fingerprint density at radius 3 is 2.86 bits per heavy atom. The summed E-state index contributed by atoms with van der Waals surface area (Å²) >= 11 is 0. The highest BCUT2D eigenvalue weighted by Crippen LogP contribution is 2.02. The van der Waals surface area contributed by atoms with Gasteiger partial charge < -0.3 is 4.57 Å². The van der Waals surface area contributed by atoms with Gasteiger partial charge in [-0.3, -0.25) is 5.41 Å². The molecule has 0 amide bonds. The third kappa shape index (κ3) is 2.33. The number of nitrogens with one attached hydrogen (secondary N) is 1. The Labute approximate surface area is 84.0 Å². The first-order valence-corrected chi connectivity index (χ1v) is 4.47. The SMILES string of the molecule is C=C/C=C(\C=C/C)n1ccccc1=N. The maximum Gasteiger partial charge on any atom is 0.129 e. The van der Waals surface area contributed by atoms with Crippen molar-refractivity contribution in [1.29, 1.82) is 5.41 Å². The van der Waals surface area contributed by atoms with E-state index in [2.05, 4.69) is 6.58 Å². The van der Waals surface area contributed by atoms with E-state index in [1.807, 2.05) is 43.5 Å². The molecule has 0 atom stereocenters. The van der Waals surface area contributed by atoms with Crippen molar-refractivity contribution in [2.45, 2.75) is 6.92 Å². The molecule has 0 bridgehead atoms. The molecule has 1 N–H and O–H groups in total. The number of rotatable bonds is 3. The van der Waals surface area contributed by atoms with Gasteiger partial charge in [0.2, 0.25) is 0 Å². The summed E-state index contributed by atoms with van der Waals surface area (Å²) in [6.45, 7) is 5.60.